The summed E-state index contributed by atoms with van der Waals surface area (Å²) in [6.45, 7) is 6.62. The van der Waals surface area contributed by atoms with Gasteiger partial charge in [-0.1, -0.05) is 19.3 Å². The molecular weight excluding hydrogens is 216 g/mol. The molecule has 17 heavy (non-hydrogen) atoms. The molecule has 1 saturated carbocycles. The van der Waals surface area contributed by atoms with E-state index in [1.165, 1.54) is 6.42 Å². The van der Waals surface area contributed by atoms with Crippen molar-refractivity contribution in [3.8, 4) is 0 Å². The van der Waals surface area contributed by atoms with E-state index in [1.54, 1.807) is 0 Å². The van der Waals surface area contributed by atoms with Crippen molar-refractivity contribution >= 4 is 5.91 Å². The lowest BCUT2D eigenvalue weighted by Crippen LogP contribution is -2.56. The monoisotopic (exact) mass is 242 g/mol. The first kappa shape index (κ1) is 14.5. The summed E-state index contributed by atoms with van der Waals surface area (Å²) in [5.74, 6) is 0.111. The molecule has 1 amide bonds. The maximum absolute atomic E-state index is 12.4. The Kier molecular flexibility index (Phi) is 5.92. The van der Waals surface area contributed by atoms with Crippen molar-refractivity contribution in [2.75, 3.05) is 26.3 Å². The molecule has 0 aromatic carbocycles. The van der Waals surface area contributed by atoms with Crippen molar-refractivity contribution < 1.29 is 9.53 Å². The molecule has 0 unspecified atom stereocenters. The maximum Gasteiger partial charge on any atom is 0.242 e. The third-order valence-corrected chi connectivity index (χ3v) is 3.55. The van der Waals surface area contributed by atoms with E-state index in [9.17, 15) is 4.79 Å². The molecule has 0 heterocycles. The number of likely N-dealkylation sites (N-methyl/N-ethyl adjacent to an activating group) is 1. The standard InChI is InChI=1S/C13H26N2O2/c1-3-15(10-11-17-4-2)12(16)13(14)8-6-5-7-9-13/h3-11,14H2,1-2H3. The summed E-state index contributed by atoms with van der Waals surface area (Å²) >= 11 is 0. The summed E-state index contributed by atoms with van der Waals surface area (Å²) in [5.41, 5.74) is 5.64. The topological polar surface area (TPSA) is 55.6 Å². The van der Waals surface area contributed by atoms with Crippen molar-refractivity contribution in [2.24, 2.45) is 5.73 Å². The summed E-state index contributed by atoms with van der Waals surface area (Å²) in [6.07, 6.45) is 5.02. The van der Waals surface area contributed by atoms with E-state index in [0.29, 0.717) is 26.3 Å². The summed E-state index contributed by atoms with van der Waals surface area (Å²) in [6, 6.07) is 0. The Bertz CT molecular complexity index is 238. The lowest BCUT2D eigenvalue weighted by atomic mass is 9.81. The number of rotatable bonds is 6. The number of hydrogen-bond acceptors (Lipinski definition) is 3. The minimum atomic E-state index is -0.611. The van der Waals surface area contributed by atoms with Crippen LogP contribution in [0.4, 0.5) is 0 Å². The normalized spacial score (nSPS) is 19.0. The molecule has 1 rings (SSSR count). The van der Waals surface area contributed by atoms with Crippen LogP contribution in [0.1, 0.15) is 46.0 Å². The molecule has 4 heteroatoms. The van der Waals surface area contributed by atoms with Gasteiger partial charge in [0.25, 0.3) is 0 Å². The van der Waals surface area contributed by atoms with Gasteiger partial charge < -0.3 is 15.4 Å². The van der Waals surface area contributed by atoms with Crippen LogP contribution in [0.25, 0.3) is 0 Å². The summed E-state index contributed by atoms with van der Waals surface area (Å²) in [7, 11) is 0. The Morgan fingerprint density at radius 3 is 2.47 bits per heavy atom. The van der Waals surface area contributed by atoms with Gasteiger partial charge in [0.15, 0.2) is 0 Å². The lowest BCUT2D eigenvalue weighted by molar-refractivity contribution is -0.138. The van der Waals surface area contributed by atoms with Crippen molar-refractivity contribution in [1.29, 1.82) is 0 Å². The fraction of sp³-hybridized carbons (Fsp3) is 0.923. The lowest BCUT2D eigenvalue weighted by Gasteiger charge is -2.36. The SMILES string of the molecule is CCOCCN(CC)C(=O)C1(N)CCCCC1. The highest BCUT2D eigenvalue weighted by Crippen LogP contribution is 2.27. The van der Waals surface area contributed by atoms with Crippen LogP contribution in [0.5, 0.6) is 0 Å². The van der Waals surface area contributed by atoms with Crippen LogP contribution in [-0.2, 0) is 9.53 Å². The van der Waals surface area contributed by atoms with Crippen LogP contribution in [0.2, 0.25) is 0 Å². The van der Waals surface area contributed by atoms with E-state index in [2.05, 4.69) is 0 Å². The molecular formula is C13H26N2O2. The number of amides is 1. The number of carbonyl (C=O) groups is 1. The highest BCUT2D eigenvalue weighted by molar-refractivity contribution is 5.86. The Morgan fingerprint density at radius 2 is 1.94 bits per heavy atom. The number of nitrogens with zero attached hydrogens (tertiary/aromatic N) is 1. The molecule has 0 aromatic heterocycles. The van der Waals surface area contributed by atoms with Gasteiger partial charge in [-0.25, -0.2) is 0 Å². The van der Waals surface area contributed by atoms with Crippen LogP contribution in [0.3, 0.4) is 0 Å². The van der Waals surface area contributed by atoms with Crippen molar-refractivity contribution in [3.05, 3.63) is 0 Å². The number of nitrogens with two attached hydrogens (primary N) is 1. The number of carbonyl (C=O) groups excluding carboxylic acids is 1. The third-order valence-electron chi connectivity index (χ3n) is 3.55. The largest absolute Gasteiger partial charge is 0.380 e. The molecule has 1 fully saturated rings. The third kappa shape index (κ3) is 3.96. The van der Waals surface area contributed by atoms with Crippen LogP contribution >= 0.6 is 0 Å². The highest BCUT2D eigenvalue weighted by atomic mass is 16.5. The molecule has 0 bridgehead atoms. The molecule has 100 valence electrons. The van der Waals surface area contributed by atoms with E-state index >= 15 is 0 Å². The second-order valence-electron chi connectivity index (χ2n) is 4.80. The fourth-order valence-corrected chi connectivity index (χ4v) is 2.43. The van der Waals surface area contributed by atoms with Crippen LogP contribution in [0.15, 0.2) is 0 Å². The van der Waals surface area contributed by atoms with Crippen molar-refractivity contribution in [1.82, 2.24) is 4.90 Å². The Hall–Kier alpha value is -0.610. The summed E-state index contributed by atoms with van der Waals surface area (Å²) < 4.78 is 5.30. The van der Waals surface area contributed by atoms with Gasteiger partial charge in [-0.3, -0.25) is 4.79 Å². The van der Waals surface area contributed by atoms with E-state index < -0.39 is 5.54 Å². The zero-order chi connectivity index (χ0) is 12.7. The first-order chi connectivity index (χ1) is 8.14. The van der Waals surface area contributed by atoms with Gasteiger partial charge in [-0.2, -0.15) is 0 Å². The van der Waals surface area contributed by atoms with E-state index in [0.717, 1.165) is 25.7 Å². The number of ether oxygens (including phenoxy) is 1. The molecule has 0 aliphatic heterocycles. The van der Waals surface area contributed by atoms with E-state index in [1.807, 2.05) is 18.7 Å². The first-order valence-electron chi connectivity index (χ1n) is 6.80. The van der Waals surface area contributed by atoms with Crippen molar-refractivity contribution in [3.63, 3.8) is 0 Å². The van der Waals surface area contributed by atoms with Crippen LogP contribution in [-0.4, -0.2) is 42.6 Å². The Labute approximate surface area is 104 Å². The smallest absolute Gasteiger partial charge is 0.242 e. The van der Waals surface area contributed by atoms with Gasteiger partial charge in [0.2, 0.25) is 5.91 Å². The Balaban J connectivity index is 2.51. The predicted molar refractivity (Wildman–Crippen MR) is 68.8 cm³/mol. The molecule has 1 aliphatic rings. The molecule has 0 radical (unpaired) electrons. The van der Waals surface area contributed by atoms with E-state index in [-0.39, 0.29) is 5.91 Å². The molecule has 4 nitrogen and oxygen atoms in total. The predicted octanol–water partition coefficient (Wildman–Crippen LogP) is 1.53. The first-order valence-corrected chi connectivity index (χ1v) is 6.80. The summed E-state index contributed by atoms with van der Waals surface area (Å²) in [5, 5.41) is 0. The van der Waals surface area contributed by atoms with Gasteiger partial charge >= 0.3 is 0 Å². The van der Waals surface area contributed by atoms with Gasteiger partial charge in [-0.15, -0.1) is 0 Å². The minimum absolute atomic E-state index is 0.111. The maximum atomic E-state index is 12.4. The number of hydrogen-bond donors (Lipinski definition) is 1. The summed E-state index contributed by atoms with van der Waals surface area (Å²) in [4.78, 5) is 14.2. The highest BCUT2D eigenvalue weighted by Gasteiger charge is 2.37. The average Bonchev–Trinajstić information content (AvgIpc) is 2.35. The molecule has 0 saturated heterocycles. The minimum Gasteiger partial charge on any atom is -0.380 e. The molecule has 1 aliphatic carbocycles. The average molecular weight is 242 g/mol. The van der Waals surface area contributed by atoms with Gasteiger partial charge in [0, 0.05) is 19.7 Å². The second-order valence-corrected chi connectivity index (χ2v) is 4.80. The Morgan fingerprint density at radius 1 is 1.29 bits per heavy atom. The van der Waals surface area contributed by atoms with Gasteiger partial charge in [-0.05, 0) is 26.7 Å². The molecule has 0 spiro atoms. The second kappa shape index (κ2) is 6.97. The van der Waals surface area contributed by atoms with Crippen LogP contribution in [0, 0.1) is 0 Å². The molecule has 0 atom stereocenters. The van der Waals surface area contributed by atoms with Crippen LogP contribution < -0.4 is 5.73 Å². The zero-order valence-electron chi connectivity index (χ0n) is 11.2. The zero-order valence-corrected chi connectivity index (χ0v) is 11.2. The van der Waals surface area contributed by atoms with Gasteiger partial charge in [0.05, 0.1) is 12.1 Å². The molecule has 0 aromatic rings. The quantitative estimate of drug-likeness (QED) is 0.719. The van der Waals surface area contributed by atoms with E-state index in [4.69, 9.17) is 10.5 Å². The van der Waals surface area contributed by atoms with Gasteiger partial charge in [0.1, 0.15) is 0 Å². The molecule has 2 N–H and O–H groups in total. The van der Waals surface area contributed by atoms with Crippen molar-refractivity contribution in [2.45, 2.75) is 51.5 Å². The fourth-order valence-electron chi connectivity index (χ4n) is 2.43.